The van der Waals surface area contributed by atoms with Crippen molar-refractivity contribution in [2.24, 2.45) is 20.5 Å². The van der Waals surface area contributed by atoms with Gasteiger partial charge in [0.15, 0.2) is 16.6 Å². The number of pyridine rings is 1. The largest absolute Gasteiger partial charge is 1.00 e. The number of fused-ring (bicyclic) bond motifs is 1. The van der Waals surface area contributed by atoms with Gasteiger partial charge < -0.3 is 34.2 Å². The molecule has 26 nitrogen and oxygen atoms in total. The number of nitrogens with one attached hydrogen (secondary N) is 3. The second-order valence-electron chi connectivity index (χ2n) is 14.9. The molecule has 0 aliphatic carbocycles. The number of nitro benzene ring substituents is 1. The van der Waals surface area contributed by atoms with Crippen LogP contribution in [0.4, 0.5) is 55.8 Å². The zero-order valence-corrected chi connectivity index (χ0v) is 44.6. The topological polar surface area (TPSA) is 435 Å². The SMILES string of the molecule is CC(=O)Nc1ccc(-c2c(N=Nc3cc(S(=O)(=O)[O-])c4cc([N+](=O)[O-])cc(S(=O)(=O)[O-])c4c3)sc(N=Nc3c(Nc4ccc(S(=O)(=O)[O-])cc4)nc(Nc4ccc(S(=O)(=O)[O-])cc4)c(C#N)c3C)c2C#N)cc1.[Li+].[Li+].[Li+].[Li+]. The first-order chi connectivity index (χ1) is 34.2. The predicted molar refractivity (Wildman–Crippen MR) is 253 cm³/mol. The summed E-state index contributed by atoms with van der Waals surface area (Å²) in [4.78, 5) is 23.2. The molecule has 3 N–H and O–H groups in total. The molecule has 0 fully saturated rings. The van der Waals surface area contributed by atoms with Crippen LogP contribution >= 0.6 is 11.3 Å². The Bertz CT molecular complexity index is 4100. The molecule has 35 heteroatoms. The molecule has 0 aliphatic heterocycles. The van der Waals surface area contributed by atoms with Gasteiger partial charge in [0.25, 0.3) is 5.69 Å². The molecule has 7 rings (SSSR count). The number of nitrogens with zero attached hydrogens (tertiary/aromatic N) is 8. The van der Waals surface area contributed by atoms with Crippen molar-refractivity contribution in [3.05, 3.63) is 124 Å². The van der Waals surface area contributed by atoms with E-state index in [1.54, 1.807) is 0 Å². The summed E-state index contributed by atoms with van der Waals surface area (Å²) in [6, 6.07) is 21.1. The van der Waals surface area contributed by atoms with Gasteiger partial charge in [0, 0.05) is 58.0 Å². The van der Waals surface area contributed by atoms with Crippen LogP contribution in [0.1, 0.15) is 23.6 Å². The van der Waals surface area contributed by atoms with Gasteiger partial charge in [0.2, 0.25) is 5.91 Å². The van der Waals surface area contributed by atoms with Gasteiger partial charge in [0.05, 0.1) is 35.8 Å². The molecule has 0 radical (unpaired) electrons. The number of hydrogen-bond donors (Lipinski definition) is 3. The summed E-state index contributed by atoms with van der Waals surface area (Å²) in [5, 5.41) is 55.9. The molecule has 0 saturated carbocycles. The van der Waals surface area contributed by atoms with E-state index in [1.165, 1.54) is 62.4 Å². The van der Waals surface area contributed by atoms with Crippen LogP contribution in [-0.4, -0.2) is 67.7 Å². The molecule has 0 saturated heterocycles. The van der Waals surface area contributed by atoms with Crippen LogP contribution in [0.3, 0.4) is 0 Å². The third-order valence-corrected chi connectivity index (χ3v) is 14.4. The van der Waals surface area contributed by atoms with Gasteiger partial charge in [-0.3, -0.25) is 14.9 Å². The summed E-state index contributed by atoms with van der Waals surface area (Å²) in [7, 11) is -20.8. The Morgan fingerprint density at radius 2 is 1.08 bits per heavy atom. The van der Waals surface area contributed by atoms with Gasteiger partial charge in [-0.05, 0) is 85.3 Å². The average Bonchev–Trinajstić information content (AvgIpc) is 3.66. The fourth-order valence-corrected chi connectivity index (χ4v) is 10.1. The molecule has 2 aromatic heterocycles. The molecule has 0 spiro atoms. The van der Waals surface area contributed by atoms with Gasteiger partial charge >= 0.3 is 75.4 Å². The van der Waals surface area contributed by atoms with Crippen LogP contribution in [0.15, 0.2) is 137 Å². The van der Waals surface area contributed by atoms with Gasteiger partial charge in [-0.25, -0.2) is 38.7 Å². The van der Waals surface area contributed by atoms with E-state index in [0.29, 0.717) is 35.2 Å². The molecule has 1 amide bonds. The van der Waals surface area contributed by atoms with Crippen molar-refractivity contribution >= 4 is 124 Å². The molecular formula is C42H25Li4N11O15S5. The maximum Gasteiger partial charge on any atom is 1.00 e. The summed E-state index contributed by atoms with van der Waals surface area (Å²) in [5.41, 5.74) is -1.27. The van der Waals surface area contributed by atoms with Crippen LogP contribution < -0.4 is 91.4 Å². The van der Waals surface area contributed by atoms with E-state index < -0.39 is 93.0 Å². The van der Waals surface area contributed by atoms with Crippen molar-refractivity contribution in [1.29, 1.82) is 10.5 Å². The van der Waals surface area contributed by atoms with Gasteiger partial charge in [0.1, 0.15) is 68.9 Å². The van der Waals surface area contributed by atoms with Crippen molar-refractivity contribution in [2.45, 2.75) is 33.4 Å². The van der Waals surface area contributed by atoms with E-state index in [-0.39, 0.29) is 142 Å². The number of benzene rings is 5. The number of thiophene rings is 1. The zero-order valence-electron chi connectivity index (χ0n) is 40.5. The van der Waals surface area contributed by atoms with Crippen LogP contribution in [0.5, 0.6) is 0 Å². The fraction of sp³-hybridized carbons (Fsp3) is 0.0476. The summed E-state index contributed by atoms with van der Waals surface area (Å²) in [6.07, 6.45) is 0. The monoisotopic (exact) mass is 1110 g/mol. The molecule has 0 atom stereocenters. The minimum atomic E-state index is -5.58. The molecule has 0 unspecified atom stereocenters. The number of rotatable bonds is 15. The summed E-state index contributed by atoms with van der Waals surface area (Å²) in [6.45, 7) is 2.68. The second-order valence-corrected chi connectivity index (χ2v) is 21.3. The Kier molecular flexibility index (Phi) is 21.6. The molecule has 5 aromatic carbocycles. The molecule has 0 aliphatic rings. The maximum absolute atomic E-state index is 12.5. The number of nitriles is 2. The Morgan fingerprint density at radius 3 is 1.55 bits per heavy atom. The number of aromatic nitrogens is 1. The first-order valence-electron chi connectivity index (χ1n) is 19.7. The summed E-state index contributed by atoms with van der Waals surface area (Å²) < 4.78 is 144. The van der Waals surface area contributed by atoms with E-state index in [9.17, 15) is 77.3 Å². The van der Waals surface area contributed by atoms with Crippen LogP contribution in [0.25, 0.3) is 21.9 Å². The number of amides is 1. The van der Waals surface area contributed by atoms with Gasteiger partial charge in [-0.2, -0.15) is 10.5 Å². The Morgan fingerprint density at radius 1 is 0.610 bits per heavy atom. The third kappa shape index (κ3) is 15.1. The number of hydrogen-bond acceptors (Lipinski definition) is 25. The number of non-ortho nitro benzene ring substituents is 1. The molecule has 7 aromatic rings. The van der Waals surface area contributed by atoms with E-state index in [1.807, 2.05) is 12.1 Å². The summed E-state index contributed by atoms with van der Waals surface area (Å²) >= 11 is 0.639. The van der Waals surface area contributed by atoms with Gasteiger partial charge in [-0.15, -0.1) is 20.5 Å². The van der Waals surface area contributed by atoms with E-state index in [4.69, 9.17) is 0 Å². The Hall–Kier alpha value is -6.11. The normalized spacial score (nSPS) is 11.5. The fourth-order valence-electron chi connectivity index (χ4n) is 6.80. The third-order valence-electron chi connectivity index (χ3n) is 10.0. The van der Waals surface area contributed by atoms with E-state index in [0.717, 1.165) is 30.3 Å². The first-order valence-corrected chi connectivity index (χ1v) is 26.2. The molecule has 372 valence electrons. The van der Waals surface area contributed by atoms with Gasteiger partial charge in [-0.1, -0.05) is 23.5 Å². The minimum Gasteiger partial charge on any atom is -0.744 e. The molecule has 2 heterocycles. The first kappa shape index (κ1) is 65.2. The van der Waals surface area contributed by atoms with E-state index in [2.05, 4.69) is 41.4 Å². The number of carbonyl (C=O) groups is 1. The Labute approximate surface area is 489 Å². The number of nitro groups is 1. The summed E-state index contributed by atoms with van der Waals surface area (Å²) in [5.74, 6) is -0.760. The van der Waals surface area contributed by atoms with Crippen LogP contribution in [0, 0.1) is 39.7 Å². The van der Waals surface area contributed by atoms with Crippen molar-refractivity contribution in [3.63, 3.8) is 0 Å². The molecule has 0 bridgehead atoms. The second kappa shape index (κ2) is 25.6. The van der Waals surface area contributed by atoms with Crippen molar-refractivity contribution in [1.82, 2.24) is 4.98 Å². The van der Waals surface area contributed by atoms with E-state index >= 15 is 0 Å². The maximum atomic E-state index is 12.5. The predicted octanol–water partition coefficient (Wildman–Crippen LogP) is -4.17. The minimum absolute atomic E-state index is 0. The Balaban J connectivity index is 0.00000390. The number of carbonyl (C=O) groups excluding carboxylic acids is 1. The number of anilines is 5. The number of azo groups is 2. The average molecular weight is 1110 g/mol. The molecular weight excluding hydrogens is 1090 g/mol. The quantitative estimate of drug-likeness (QED) is 0.0288. The van der Waals surface area contributed by atoms with Crippen molar-refractivity contribution in [2.75, 3.05) is 16.0 Å². The zero-order chi connectivity index (χ0) is 53.4. The standard InChI is InChI=1S/C42H29N11O15S5.4Li/c1-21-33(19-43)39(46-25-7-11-29(12-8-25)70(57,58)59)48-40(47-26-9-13-30(14-10-26)71(60,61)62)38(21)50-51-41-34(20-44)37(23-3-5-24(6-4-23)45-22(2)54)42(69-41)52-49-27-15-31-32(35(16-27)72(63,64)65)17-28(53(55)56)18-36(31)73(66,67)68;;;;/h3-18H,1-2H3,(H,45,54)(H2,46,47,48)(H,57,58,59)(H,60,61,62)(H,63,64,65)(H,66,67,68);;;;/q;4*+1/p-4. The smallest absolute Gasteiger partial charge is 0.744 e. The van der Waals surface area contributed by atoms with Crippen LogP contribution in [-0.2, 0) is 45.3 Å². The van der Waals surface area contributed by atoms with Crippen molar-refractivity contribution < 1.29 is 137 Å². The van der Waals surface area contributed by atoms with Crippen LogP contribution in [0.2, 0.25) is 0 Å². The van der Waals surface area contributed by atoms with Crippen molar-refractivity contribution in [3.8, 4) is 23.3 Å². The molecule has 77 heavy (non-hydrogen) atoms.